The molecule has 0 bridgehead atoms. The van der Waals surface area contributed by atoms with Crippen LogP contribution in [0.1, 0.15) is 83.8 Å². The van der Waals surface area contributed by atoms with Crippen LogP contribution in [0.25, 0.3) is 15.6 Å². The minimum Gasteiger partial charge on any atom is -0.490 e. The molecule has 1 fully saturated rings. The minimum atomic E-state index is 0.475. The summed E-state index contributed by atoms with van der Waals surface area (Å²) in [5.74, 6) is 1.04. The zero-order chi connectivity index (χ0) is 23.9. The zero-order valence-electron chi connectivity index (χ0n) is 21.1. The first-order valence-electron chi connectivity index (χ1n) is 12.8. The van der Waals surface area contributed by atoms with E-state index in [4.69, 9.17) is 11.3 Å². The zero-order valence-corrected chi connectivity index (χ0v) is 21.1. The molecule has 0 N–H and O–H groups in total. The summed E-state index contributed by atoms with van der Waals surface area (Å²) in [5, 5.41) is 2.37. The second-order valence-corrected chi connectivity index (χ2v) is 8.71. The summed E-state index contributed by atoms with van der Waals surface area (Å²) in [7, 11) is 0. The van der Waals surface area contributed by atoms with Crippen LogP contribution >= 0.6 is 0 Å². The van der Waals surface area contributed by atoms with Crippen LogP contribution < -0.4 is 4.74 Å². The summed E-state index contributed by atoms with van der Waals surface area (Å²) in [4.78, 5) is 3.43. The molecule has 0 aliphatic heterocycles. The highest BCUT2D eigenvalue weighted by atomic mass is 16.5. The van der Waals surface area contributed by atoms with Crippen molar-refractivity contribution >= 4 is 16.5 Å². The van der Waals surface area contributed by atoms with Gasteiger partial charge in [0, 0.05) is 0 Å². The maximum atomic E-state index is 6.94. The van der Waals surface area contributed by atoms with Crippen molar-refractivity contribution in [3.8, 4) is 5.75 Å². The first-order chi connectivity index (χ1) is 16.1. The predicted octanol–water partition coefficient (Wildman–Crippen LogP) is 9.72. The quantitative estimate of drug-likeness (QED) is 0.346. The number of aryl methyl sites for hydroxylation is 2. The van der Waals surface area contributed by atoms with E-state index in [-0.39, 0.29) is 0 Å². The van der Waals surface area contributed by atoms with Gasteiger partial charge in [0.25, 0.3) is 0 Å². The van der Waals surface area contributed by atoms with Gasteiger partial charge >= 0.3 is 0 Å². The SMILES string of the molecule is CCCCC.CCc1ccc(OC2CCCC2)cc1.[C-]#[N+]c1ccc2ccc(CC)cc2c1. The number of nitrogens with zero attached hydrogens (tertiary/aromatic N) is 1. The number of unbranched alkanes of at least 4 members (excludes halogenated alkanes) is 2. The Balaban J connectivity index is 0.000000195. The molecule has 0 heterocycles. The smallest absolute Gasteiger partial charge is 0.187 e. The molecule has 33 heavy (non-hydrogen) atoms. The Hall–Kier alpha value is -2.79. The van der Waals surface area contributed by atoms with Crippen molar-refractivity contribution < 1.29 is 4.74 Å². The van der Waals surface area contributed by atoms with E-state index in [2.05, 4.69) is 75.0 Å². The maximum Gasteiger partial charge on any atom is 0.187 e. The molecule has 1 aliphatic rings. The Morgan fingerprint density at radius 1 is 0.758 bits per heavy atom. The summed E-state index contributed by atoms with van der Waals surface area (Å²) in [6.45, 7) is 15.7. The largest absolute Gasteiger partial charge is 0.490 e. The van der Waals surface area contributed by atoms with Gasteiger partial charge in [-0.15, -0.1) is 0 Å². The predicted molar refractivity (Wildman–Crippen MR) is 143 cm³/mol. The van der Waals surface area contributed by atoms with Gasteiger partial charge in [0.1, 0.15) is 5.75 Å². The van der Waals surface area contributed by atoms with Crippen LogP contribution in [0.2, 0.25) is 0 Å². The van der Waals surface area contributed by atoms with Crippen LogP contribution in [-0.4, -0.2) is 6.10 Å². The van der Waals surface area contributed by atoms with Crippen LogP contribution in [0.4, 0.5) is 5.69 Å². The number of rotatable bonds is 6. The van der Waals surface area contributed by atoms with Gasteiger partial charge in [0.15, 0.2) is 5.69 Å². The summed E-state index contributed by atoms with van der Waals surface area (Å²) in [5.41, 5.74) is 3.41. The van der Waals surface area contributed by atoms with Gasteiger partial charge in [-0.1, -0.05) is 89.4 Å². The number of hydrogen-bond acceptors (Lipinski definition) is 1. The summed E-state index contributed by atoms with van der Waals surface area (Å²) in [6.07, 6.45) is 11.8. The van der Waals surface area contributed by atoms with E-state index in [1.807, 2.05) is 18.2 Å². The van der Waals surface area contributed by atoms with Crippen molar-refractivity contribution in [2.24, 2.45) is 0 Å². The van der Waals surface area contributed by atoms with E-state index < -0.39 is 0 Å². The highest BCUT2D eigenvalue weighted by Gasteiger charge is 2.16. The molecule has 0 atom stereocenters. The number of fused-ring (bicyclic) bond motifs is 1. The average Bonchev–Trinajstić information content (AvgIpc) is 3.38. The Morgan fingerprint density at radius 3 is 1.91 bits per heavy atom. The van der Waals surface area contributed by atoms with E-state index in [1.165, 1.54) is 61.5 Å². The molecular formula is C31H41NO. The van der Waals surface area contributed by atoms with Crippen LogP contribution in [0.15, 0.2) is 60.7 Å². The molecule has 0 aromatic heterocycles. The van der Waals surface area contributed by atoms with E-state index in [9.17, 15) is 0 Å². The van der Waals surface area contributed by atoms with Crippen molar-refractivity contribution in [2.45, 2.75) is 91.6 Å². The average molecular weight is 444 g/mol. The topological polar surface area (TPSA) is 13.6 Å². The van der Waals surface area contributed by atoms with Gasteiger partial charge in [-0.25, -0.2) is 4.85 Å². The second-order valence-electron chi connectivity index (χ2n) is 8.71. The number of hydrogen-bond donors (Lipinski definition) is 0. The van der Waals surface area contributed by atoms with E-state index in [0.717, 1.165) is 24.0 Å². The molecule has 0 amide bonds. The Morgan fingerprint density at radius 2 is 1.36 bits per heavy atom. The van der Waals surface area contributed by atoms with Crippen molar-refractivity contribution in [1.82, 2.24) is 0 Å². The molecule has 176 valence electrons. The molecule has 2 heteroatoms. The van der Waals surface area contributed by atoms with Crippen molar-refractivity contribution in [3.05, 3.63) is 83.2 Å². The van der Waals surface area contributed by atoms with Crippen LogP contribution in [-0.2, 0) is 12.8 Å². The molecule has 1 saturated carbocycles. The fourth-order valence-electron chi connectivity index (χ4n) is 3.93. The first kappa shape index (κ1) is 26.5. The molecule has 0 radical (unpaired) electrons. The molecule has 3 aromatic carbocycles. The molecular weight excluding hydrogens is 402 g/mol. The van der Waals surface area contributed by atoms with E-state index in [0.29, 0.717) is 11.8 Å². The monoisotopic (exact) mass is 443 g/mol. The Labute approximate surface area is 201 Å². The van der Waals surface area contributed by atoms with Gasteiger partial charge in [-0.05, 0) is 78.6 Å². The van der Waals surface area contributed by atoms with Gasteiger partial charge in [-0.2, -0.15) is 0 Å². The maximum absolute atomic E-state index is 6.94. The standard InChI is InChI=1S/C13H11N.C13H18O.C5H12/c1-3-10-4-5-11-6-7-13(14-2)9-12(11)8-10;1-2-11-7-9-13(10-8-11)14-12-5-3-4-6-12;1-3-5-4-2/h4-9H,3H2,1H3;7-10,12H,2-6H2,1H3;3-5H2,1-2H3. The lowest BCUT2D eigenvalue weighted by molar-refractivity contribution is 0.210. The molecule has 4 rings (SSSR count). The lowest BCUT2D eigenvalue weighted by Crippen LogP contribution is -2.10. The Kier molecular flexibility index (Phi) is 12.1. The highest BCUT2D eigenvalue weighted by Crippen LogP contribution is 2.24. The summed E-state index contributed by atoms with van der Waals surface area (Å²) in [6, 6.07) is 20.7. The number of benzene rings is 3. The lowest BCUT2D eigenvalue weighted by Gasteiger charge is -2.12. The normalized spacial score (nSPS) is 12.8. The molecule has 0 saturated heterocycles. The third-order valence-corrected chi connectivity index (χ3v) is 6.07. The molecule has 1 aliphatic carbocycles. The van der Waals surface area contributed by atoms with Gasteiger partial charge in [-0.3, -0.25) is 0 Å². The van der Waals surface area contributed by atoms with Crippen molar-refractivity contribution in [3.63, 3.8) is 0 Å². The molecule has 0 spiro atoms. The van der Waals surface area contributed by atoms with Crippen LogP contribution in [0, 0.1) is 6.57 Å². The second kappa shape index (κ2) is 15.1. The fourth-order valence-corrected chi connectivity index (χ4v) is 3.93. The molecule has 2 nitrogen and oxygen atoms in total. The molecule has 3 aromatic rings. The summed E-state index contributed by atoms with van der Waals surface area (Å²) < 4.78 is 5.87. The third-order valence-electron chi connectivity index (χ3n) is 6.07. The van der Waals surface area contributed by atoms with Crippen molar-refractivity contribution in [2.75, 3.05) is 0 Å². The van der Waals surface area contributed by atoms with Gasteiger partial charge in [0.05, 0.1) is 12.7 Å². The Bertz CT molecular complexity index is 976. The first-order valence-corrected chi connectivity index (χ1v) is 12.8. The summed E-state index contributed by atoms with van der Waals surface area (Å²) >= 11 is 0. The number of ether oxygens (including phenoxy) is 1. The van der Waals surface area contributed by atoms with Gasteiger partial charge < -0.3 is 4.74 Å². The minimum absolute atomic E-state index is 0.475. The fraction of sp³-hybridized carbons (Fsp3) is 0.452. The van der Waals surface area contributed by atoms with Crippen LogP contribution in [0.3, 0.4) is 0 Å². The molecule has 0 unspecified atom stereocenters. The lowest BCUT2D eigenvalue weighted by atomic mass is 10.1. The van der Waals surface area contributed by atoms with E-state index in [1.54, 1.807) is 0 Å². The highest BCUT2D eigenvalue weighted by molar-refractivity contribution is 5.86. The third kappa shape index (κ3) is 9.30. The van der Waals surface area contributed by atoms with Crippen LogP contribution in [0.5, 0.6) is 5.75 Å². The van der Waals surface area contributed by atoms with E-state index >= 15 is 0 Å². The van der Waals surface area contributed by atoms with Crippen molar-refractivity contribution in [1.29, 1.82) is 0 Å². The van der Waals surface area contributed by atoms with Gasteiger partial charge in [0.2, 0.25) is 0 Å².